The number of thioether (sulfide) groups is 1. The summed E-state index contributed by atoms with van der Waals surface area (Å²) in [5.41, 5.74) is 3.31. The van der Waals surface area contributed by atoms with Gasteiger partial charge in [-0.15, -0.1) is 11.8 Å². The van der Waals surface area contributed by atoms with Crippen molar-refractivity contribution in [3.63, 3.8) is 0 Å². The Labute approximate surface area is 154 Å². The van der Waals surface area contributed by atoms with Crippen LogP contribution in [0.1, 0.15) is 18.1 Å². The number of benzene rings is 1. The first-order valence-corrected chi connectivity index (χ1v) is 9.26. The molecular formula is C21H24ClFS. The second-order valence-corrected chi connectivity index (χ2v) is 6.65. The first-order chi connectivity index (χ1) is 11.6. The van der Waals surface area contributed by atoms with E-state index in [-0.39, 0.29) is 0 Å². The van der Waals surface area contributed by atoms with Gasteiger partial charge in [-0.25, -0.2) is 4.39 Å². The van der Waals surface area contributed by atoms with Crippen LogP contribution in [0.2, 0.25) is 5.02 Å². The molecule has 0 nitrogen and oxygen atoms in total. The second kappa shape index (κ2) is 11.9. The molecule has 0 saturated heterocycles. The molecule has 0 atom stereocenters. The summed E-state index contributed by atoms with van der Waals surface area (Å²) in [6, 6.07) is 6.15. The van der Waals surface area contributed by atoms with E-state index in [1.165, 1.54) is 5.56 Å². The van der Waals surface area contributed by atoms with Gasteiger partial charge < -0.3 is 0 Å². The molecule has 1 aromatic rings. The highest BCUT2D eigenvalue weighted by molar-refractivity contribution is 8.03. The van der Waals surface area contributed by atoms with Crippen molar-refractivity contribution in [2.24, 2.45) is 0 Å². The Balaban J connectivity index is 2.86. The van der Waals surface area contributed by atoms with E-state index in [1.54, 1.807) is 30.0 Å². The van der Waals surface area contributed by atoms with Crippen LogP contribution in [0.25, 0.3) is 0 Å². The minimum atomic E-state index is -0.470. The Kier molecular flexibility index (Phi) is 10.2. The van der Waals surface area contributed by atoms with Gasteiger partial charge in [0, 0.05) is 17.2 Å². The van der Waals surface area contributed by atoms with E-state index in [0.29, 0.717) is 5.75 Å². The fraction of sp³-hybridized carbons (Fsp3) is 0.238. The largest absolute Gasteiger partial charge is 0.247 e. The van der Waals surface area contributed by atoms with Crippen molar-refractivity contribution in [3.8, 4) is 0 Å². The fourth-order valence-corrected chi connectivity index (χ4v) is 3.30. The molecule has 0 radical (unpaired) electrons. The van der Waals surface area contributed by atoms with Crippen LogP contribution < -0.4 is 0 Å². The quantitative estimate of drug-likeness (QED) is 0.408. The summed E-state index contributed by atoms with van der Waals surface area (Å²) < 4.78 is 12.6. The van der Waals surface area contributed by atoms with E-state index in [0.717, 1.165) is 33.9 Å². The lowest BCUT2D eigenvalue weighted by Crippen LogP contribution is -1.94. The zero-order valence-electron chi connectivity index (χ0n) is 14.1. The summed E-state index contributed by atoms with van der Waals surface area (Å²) in [6.45, 7) is 9.09. The van der Waals surface area contributed by atoms with E-state index in [2.05, 4.69) is 32.2 Å². The molecule has 0 aromatic heterocycles. The van der Waals surface area contributed by atoms with Gasteiger partial charge in [0.05, 0.1) is 0 Å². The molecule has 24 heavy (non-hydrogen) atoms. The average molecular weight is 363 g/mol. The smallest absolute Gasteiger partial charge is 0.108 e. The van der Waals surface area contributed by atoms with Gasteiger partial charge in [-0.1, -0.05) is 74.2 Å². The SMILES string of the molecule is C=C/C=C\C(=C/CF)CS/C(=C\C=C)Cc1cc(CC)ccc1Cl. The van der Waals surface area contributed by atoms with Gasteiger partial charge in [-0.05, 0) is 40.2 Å². The standard InChI is InChI=1S/C21H24ClFS/c1-4-7-9-18(12-13-23)16-24-20(8-5-2)15-19-14-17(6-3)10-11-21(19)22/h4-5,7-12,14H,1-2,6,13,15-16H2,3H3/b9-7-,18-12+,20-8-. The number of hydrogen-bond donors (Lipinski definition) is 0. The van der Waals surface area contributed by atoms with Crippen LogP contribution in [0, 0.1) is 0 Å². The third-order valence-electron chi connectivity index (χ3n) is 3.40. The van der Waals surface area contributed by atoms with E-state index >= 15 is 0 Å². The summed E-state index contributed by atoms with van der Waals surface area (Å²) in [5, 5.41) is 0.772. The van der Waals surface area contributed by atoms with Crippen molar-refractivity contribution in [1.29, 1.82) is 0 Å². The molecule has 0 aliphatic heterocycles. The highest BCUT2D eigenvalue weighted by Gasteiger charge is 2.06. The van der Waals surface area contributed by atoms with Crippen molar-refractivity contribution >= 4 is 23.4 Å². The van der Waals surface area contributed by atoms with Crippen molar-refractivity contribution in [3.05, 3.63) is 94.4 Å². The maximum Gasteiger partial charge on any atom is 0.108 e. The molecule has 0 aliphatic carbocycles. The average Bonchev–Trinajstić information content (AvgIpc) is 2.59. The molecule has 0 unspecified atom stereocenters. The lowest BCUT2D eigenvalue weighted by atomic mass is 10.1. The van der Waals surface area contributed by atoms with Crippen LogP contribution in [0.4, 0.5) is 4.39 Å². The maximum absolute atomic E-state index is 12.6. The topological polar surface area (TPSA) is 0 Å². The molecule has 0 N–H and O–H groups in total. The van der Waals surface area contributed by atoms with Crippen LogP contribution in [-0.2, 0) is 12.8 Å². The molecule has 1 rings (SSSR count). The van der Waals surface area contributed by atoms with E-state index in [4.69, 9.17) is 11.6 Å². The van der Waals surface area contributed by atoms with E-state index in [1.807, 2.05) is 24.3 Å². The van der Waals surface area contributed by atoms with Gasteiger partial charge in [0.2, 0.25) is 0 Å². The summed E-state index contributed by atoms with van der Waals surface area (Å²) in [4.78, 5) is 1.15. The van der Waals surface area contributed by atoms with Crippen molar-refractivity contribution in [2.75, 3.05) is 12.4 Å². The highest BCUT2D eigenvalue weighted by atomic mass is 35.5. The van der Waals surface area contributed by atoms with E-state index < -0.39 is 6.67 Å². The molecule has 0 fully saturated rings. The molecule has 0 bridgehead atoms. The normalized spacial score (nSPS) is 12.6. The molecule has 0 heterocycles. The van der Waals surface area contributed by atoms with Gasteiger partial charge in [0.25, 0.3) is 0 Å². The third-order valence-corrected chi connectivity index (χ3v) is 4.89. The van der Waals surface area contributed by atoms with Gasteiger partial charge in [-0.3, -0.25) is 0 Å². The number of halogens is 2. The Morgan fingerprint density at radius 3 is 2.71 bits per heavy atom. The molecule has 0 aliphatic rings. The van der Waals surface area contributed by atoms with Gasteiger partial charge in [0.1, 0.15) is 6.67 Å². The first-order valence-electron chi connectivity index (χ1n) is 7.90. The monoisotopic (exact) mass is 362 g/mol. The molecule has 0 spiro atoms. The number of alkyl halides is 1. The molecular weight excluding hydrogens is 339 g/mol. The lowest BCUT2D eigenvalue weighted by Gasteiger charge is -2.11. The molecule has 3 heteroatoms. The minimum Gasteiger partial charge on any atom is -0.247 e. The van der Waals surface area contributed by atoms with Crippen LogP contribution in [0.3, 0.4) is 0 Å². The fourth-order valence-electron chi connectivity index (χ4n) is 2.10. The zero-order valence-corrected chi connectivity index (χ0v) is 15.7. The minimum absolute atomic E-state index is 0.470. The van der Waals surface area contributed by atoms with Crippen LogP contribution >= 0.6 is 23.4 Å². The number of aryl methyl sites for hydroxylation is 1. The summed E-state index contributed by atoms with van der Waals surface area (Å²) >= 11 is 8.01. The van der Waals surface area contributed by atoms with Gasteiger partial charge >= 0.3 is 0 Å². The number of rotatable bonds is 10. The predicted octanol–water partition coefficient (Wildman–Crippen LogP) is 6.89. The Morgan fingerprint density at radius 2 is 2.08 bits per heavy atom. The van der Waals surface area contributed by atoms with Crippen LogP contribution in [0.15, 0.2) is 78.3 Å². The first kappa shape index (κ1) is 20.5. The molecule has 1 aromatic carbocycles. The van der Waals surface area contributed by atoms with Crippen molar-refractivity contribution in [1.82, 2.24) is 0 Å². The van der Waals surface area contributed by atoms with Gasteiger partial charge in [-0.2, -0.15) is 0 Å². The molecule has 128 valence electrons. The van der Waals surface area contributed by atoms with Crippen molar-refractivity contribution in [2.45, 2.75) is 19.8 Å². The second-order valence-electron chi connectivity index (χ2n) is 5.14. The predicted molar refractivity (Wildman–Crippen MR) is 109 cm³/mol. The molecule has 0 saturated carbocycles. The maximum atomic E-state index is 12.6. The van der Waals surface area contributed by atoms with E-state index in [9.17, 15) is 4.39 Å². The Bertz CT molecular complexity index is 641. The summed E-state index contributed by atoms with van der Waals surface area (Å²) in [7, 11) is 0. The summed E-state index contributed by atoms with van der Waals surface area (Å²) in [5.74, 6) is 0.693. The molecule has 0 amide bonds. The third kappa shape index (κ3) is 7.37. The number of hydrogen-bond acceptors (Lipinski definition) is 1. The zero-order chi connectivity index (χ0) is 17.8. The number of allylic oxidation sites excluding steroid dienone is 7. The summed E-state index contributed by atoms with van der Waals surface area (Å²) in [6.07, 6.45) is 12.5. The lowest BCUT2D eigenvalue weighted by molar-refractivity contribution is 0.560. The highest BCUT2D eigenvalue weighted by Crippen LogP contribution is 2.28. The Morgan fingerprint density at radius 1 is 1.29 bits per heavy atom. The van der Waals surface area contributed by atoms with Gasteiger partial charge in [0.15, 0.2) is 0 Å². The van der Waals surface area contributed by atoms with Crippen molar-refractivity contribution < 1.29 is 4.39 Å². The van der Waals surface area contributed by atoms with Crippen LogP contribution in [0.5, 0.6) is 0 Å². The van der Waals surface area contributed by atoms with Crippen LogP contribution in [-0.4, -0.2) is 12.4 Å². The Hall–Kier alpha value is -1.51.